The van der Waals surface area contributed by atoms with E-state index in [9.17, 15) is 4.79 Å². The Kier molecular flexibility index (Phi) is 5.20. The first-order valence-electron chi connectivity index (χ1n) is 6.37. The van der Waals surface area contributed by atoms with Crippen molar-refractivity contribution in [3.8, 4) is 5.40 Å². The molecule has 1 aromatic rings. The first-order chi connectivity index (χ1) is 9.52. The molecular weight excluding hydrogens is 315 g/mol. The van der Waals surface area contributed by atoms with Gasteiger partial charge in [0.25, 0.3) is 5.91 Å². The van der Waals surface area contributed by atoms with Crippen LogP contribution in [0.3, 0.4) is 0 Å². The maximum atomic E-state index is 12.4. The van der Waals surface area contributed by atoms with Gasteiger partial charge in [0, 0.05) is 18.7 Å². The van der Waals surface area contributed by atoms with Crippen molar-refractivity contribution < 1.29 is 4.79 Å². The highest BCUT2D eigenvalue weighted by molar-refractivity contribution is 8.04. The fraction of sp³-hybridized carbons (Fsp3) is 0.429. The lowest BCUT2D eigenvalue weighted by Crippen LogP contribution is -2.37. The fourth-order valence-corrected chi connectivity index (χ4v) is 3.34. The van der Waals surface area contributed by atoms with Crippen molar-refractivity contribution in [1.82, 2.24) is 4.90 Å². The highest BCUT2D eigenvalue weighted by Crippen LogP contribution is 2.35. The van der Waals surface area contributed by atoms with E-state index in [0.717, 1.165) is 37.7 Å². The Morgan fingerprint density at radius 3 is 2.40 bits per heavy atom. The Morgan fingerprint density at radius 1 is 1.35 bits per heavy atom. The molecule has 0 radical (unpaired) electrons. The second-order valence-electron chi connectivity index (χ2n) is 4.94. The number of carbonyl (C=O) groups is 1. The molecule has 1 aliphatic heterocycles. The number of thioether (sulfide) groups is 1. The topological polar surface area (TPSA) is 44.1 Å². The minimum Gasteiger partial charge on any atom is -0.339 e. The molecule has 0 saturated carbocycles. The third-order valence-corrected chi connectivity index (χ3v) is 5.02. The smallest absolute Gasteiger partial charge is 0.253 e. The van der Waals surface area contributed by atoms with Gasteiger partial charge in [0.2, 0.25) is 0 Å². The van der Waals surface area contributed by atoms with Crippen LogP contribution in [0.4, 0.5) is 0 Å². The van der Waals surface area contributed by atoms with Crippen LogP contribution in [0.15, 0.2) is 17.0 Å². The first-order valence-corrected chi connectivity index (χ1v) is 7.94. The number of thiocyanates is 1. The molecule has 6 heteroatoms. The quantitative estimate of drug-likeness (QED) is 0.595. The van der Waals surface area contributed by atoms with Gasteiger partial charge in [-0.05, 0) is 42.7 Å². The van der Waals surface area contributed by atoms with Gasteiger partial charge in [0.1, 0.15) is 5.40 Å². The normalized spacial score (nSPS) is 16.0. The summed E-state index contributed by atoms with van der Waals surface area (Å²) in [5, 5.41) is 11.3. The Balaban J connectivity index is 2.21. The Labute approximate surface area is 132 Å². The summed E-state index contributed by atoms with van der Waals surface area (Å²) in [5.74, 6) is 0.620. The van der Waals surface area contributed by atoms with E-state index in [1.54, 1.807) is 12.1 Å². The van der Waals surface area contributed by atoms with Gasteiger partial charge in [-0.1, -0.05) is 30.1 Å². The van der Waals surface area contributed by atoms with E-state index in [1.165, 1.54) is 0 Å². The molecule has 0 aliphatic carbocycles. The van der Waals surface area contributed by atoms with Gasteiger partial charge in [-0.25, -0.2) is 0 Å². The molecule has 1 aromatic carbocycles. The number of amides is 1. The number of rotatable bonds is 2. The molecule has 1 heterocycles. The van der Waals surface area contributed by atoms with Crippen LogP contribution in [0, 0.1) is 16.6 Å². The predicted octanol–water partition coefficient (Wildman–Crippen LogP) is 4.44. The van der Waals surface area contributed by atoms with E-state index in [2.05, 4.69) is 6.92 Å². The largest absolute Gasteiger partial charge is 0.339 e. The van der Waals surface area contributed by atoms with Crippen molar-refractivity contribution in [3.05, 3.63) is 27.7 Å². The number of carbonyl (C=O) groups excluding carboxylic acids is 1. The van der Waals surface area contributed by atoms with Crippen LogP contribution in [-0.2, 0) is 0 Å². The third-order valence-electron chi connectivity index (χ3n) is 3.46. The second kappa shape index (κ2) is 6.71. The Morgan fingerprint density at radius 2 is 1.90 bits per heavy atom. The molecule has 1 fully saturated rings. The zero-order valence-corrected chi connectivity index (χ0v) is 13.4. The molecule has 0 aromatic heterocycles. The summed E-state index contributed by atoms with van der Waals surface area (Å²) < 4.78 is 0. The van der Waals surface area contributed by atoms with E-state index in [-0.39, 0.29) is 5.91 Å². The van der Waals surface area contributed by atoms with Gasteiger partial charge in [0.05, 0.1) is 14.9 Å². The number of nitrogens with zero attached hydrogens (tertiary/aromatic N) is 2. The van der Waals surface area contributed by atoms with E-state index < -0.39 is 0 Å². The Hall–Kier alpha value is -0.890. The summed E-state index contributed by atoms with van der Waals surface area (Å²) in [7, 11) is 0. The molecular formula is C14H14Cl2N2OS. The first kappa shape index (κ1) is 15.5. The minimum atomic E-state index is -0.0470. The van der Waals surface area contributed by atoms with Gasteiger partial charge < -0.3 is 4.90 Å². The van der Waals surface area contributed by atoms with Gasteiger partial charge >= 0.3 is 0 Å². The number of likely N-dealkylation sites (tertiary alicyclic amines) is 1. The van der Waals surface area contributed by atoms with Crippen LogP contribution < -0.4 is 0 Å². The van der Waals surface area contributed by atoms with Gasteiger partial charge in [-0.3, -0.25) is 4.79 Å². The molecule has 0 atom stereocenters. The van der Waals surface area contributed by atoms with Gasteiger partial charge in [0.15, 0.2) is 0 Å². The molecule has 0 bridgehead atoms. The molecule has 106 valence electrons. The second-order valence-corrected chi connectivity index (χ2v) is 6.55. The van der Waals surface area contributed by atoms with Crippen LogP contribution in [0.5, 0.6) is 0 Å². The number of hydrogen-bond donors (Lipinski definition) is 0. The van der Waals surface area contributed by atoms with E-state index in [0.29, 0.717) is 26.4 Å². The lowest BCUT2D eigenvalue weighted by atomic mass is 9.98. The Bertz CT molecular complexity index is 540. The molecule has 1 saturated heterocycles. The maximum absolute atomic E-state index is 12.4. The molecule has 2 rings (SSSR count). The number of halogens is 2. The molecule has 0 unspecified atom stereocenters. The highest BCUT2D eigenvalue weighted by Gasteiger charge is 2.22. The standard InChI is InChI=1S/C14H14Cl2N2OS/c1-9-2-4-18(5-3-9)14(19)10-6-11(15)13(20-8-17)12(16)7-10/h6-7,9H,2-5H2,1H3. The predicted molar refractivity (Wildman–Crippen MR) is 82.2 cm³/mol. The summed E-state index contributed by atoms with van der Waals surface area (Å²) in [5.41, 5.74) is 0.483. The monoisotopic (exact) mass is 328 g/mol. The lowest BCUT2D eigenvalue weighted by molar-refractivity contribution is 0.0697. The average Bonchev–Trinajstić information content (AvgIpc) is 2.42. The van der Waals surface area contributed by atoms with Crippen LogP contribution in [-0.4, -0.2) is 23.9 Å². The van der Waals surface area contributed by atoms with Gasteiger partial charge in [-0.2, -0.15) is 5.26 Å². The molecule has 0 N–H and O–H groups in total. The number of nitriles is 1. The molecule has 0 spiro atoms. The van der Waals surface area contributed by atoms with Crippen molar-refractivity contribution in [1.29, 1.82) is 5.26 Å². The van der Waals surface area contributed by atoms with Crippen LogP contribution in [0.25, 0.3) is 0 Å². The third kappa shape index (κ3) is 3.41. The van der Waals surface area contributed by atoms with Crippen molar-refractivity contribution in [2.45, 2.75) is 24.7 Å². The van der Waals surface area contributed by atoms with Crippen molar-refractivity contribution in [2.75, 3.05) is 13.1 Å². The summed E-state index contributed by atoms with van der Waals surface area (Å²) in [4.78, 5) is 14.7. The lowest BCUT2D eigenvalue weighted by Gasteiger charge is -2.30. The van der Waals surface area contributed by atoms with Crippen LogP contribution in [0.1, 0.15) is 30.1 Å². The van der Waals surface area contributed by atoms with E-state index >= 15 is 0 Å². The average molecular weight is 329 g/mol. The SMILES string of the molecule is CC1CCN(C(=O)c2cc(Cl)c(SC#N)c(Cl)c2)CC1. The van der Waals surface area contributed by atoms with Crippen LogP contribution >= 0.6 is 35.0 Å². The maximum Gasteiger partial charge on any atom is 0.253 e. The zero-order valence-electron chi connectivity index (χ0n) is 11.0. The number of hydrogen-bond acceptors (Lipinski definition) is 3. The van der Waals surface area contributed by atoms with E-state index in [4.69, 9.17) is 28.5 Å². The zero-order chi connectivity index (χ0) is 14.7. The highest BCUT2D eigenvalue weighted by atomic mass is 35.5. The van der Waals surface area contributed by atoms with Crippen molar-refractivity contribution in [2.24, 2.45) is 5.92 Å². The molecule has 3 nitrogen and oxygen atoms in total. The molecule has 1 aliphatic rings. The number of benzene rings is 1. The molecule has 20 heavy (non-hydrogen) atoms. The summed E-state index contributed by atoms with van der Waals surface area (Å²) >= 11 is 13.1. The van der Waals surface area contributed by atoms with E-state index in [1.807, 2.05) is 10.3 Å². The van der Waals surface area contributed by atoms with Crippen molar-refractivity contribution in [3.63, 3.8) is 0 Å². The van der Waals surface area contributed by atoms with Crippen LogP contribution in [0.2, 0.25) is 10.0 Å². The summed E-state index contributed by atoms with van der Waals surface area (Å²) in [6, 6.07) is 3.18. The fourth-order valence-electron chi connectivity index (χ4n) is 2.22. The molecule has 1 amide bonds. The van der Waals surface area contributed by atoms with Crippen molar-refractivity contribution >= 4 is 40.9 Å². The number of piperidine rings is 1. The van der Waals surface area contributed by atoms with Gasteiger partial charge in [-0.15, -0.1) is 0 Å². The minimum absolute atomic E-state index is 0.0470. The summed E-state index contributed by atoms with van der Waals surface area (Å²) in [6.07, 6.45) is 2.05. The summed E-state index contributed by atoms with van der Waals surface area (Å²) in [6.45, 7) is 3.73.